The molecular weight excluding hydrogens is 278 g/mol. The van der Waals surface area contributed by atoms with Crippen LogP contribution in [0.5, 0.6) is 0 Å². The van der Waals surface area contributed by atoms with Crippen LogP contribution in [0.1, 0.15) is 27.2 Å². The van der Waals surface area contributed by atoms with E-state index in [0.717, 1.165) is 19.5 Å². The first-order valence-electron chi connectivity index (χ1n) is 7.18. The first-order valence-corrected chi connectivity index (χ1v) is 7.18. The summed E-state index contributed by atoms with van der Waals surface area (Å²) in [5.74, 6) is 0.583. The fourth-order valence-corrected chi connectivity index (χ4v) is 2.73. The molecule has 0 spiro atoms. The van der Waals surface area contributed by atoms with E-state index in [1.165, 1.54) is 0 Å². The first-order chi connectivity index (χ1) is 8.89. The minimum atomic E-state index is -0.332. The SMILES string of the molecule is CC(C)(C)C(=O)N1CCN(C(=O)C2CCNC2)CC1.Cl. The van der Waals surface area contributed by atoms with Crippen molar-refractivity contribution in [3.8, 4) is 0 Å². The number of nitrogens with zero attached hydrogens (tertiary/aromatic N) is 2. The molecule has 116 valence electrons. The van der Waals surface area contributed by atoms with Crippen molar-refractivity contribution in [1.82, 2.24) is 15.1 Å². The number of amides is 2. The molecule has 0 bridgehead atoms. The summed E-state index contributed by atoms with van der Waals surface area (Å²) in [5.41, 5.74) is -0.332. The average Bonchev–Trinajstić information content (AvgIpc) is 2.90. The highest BCUT2D eigenvalue weighted by Gasteiger charge is 2.33. The summed E-state index contributed by atoms with van der Waals surface area (Å²) in [7, 11) is 0. The highest BCUT2D eigenvalue weighted by atomic mass is 35.5. The molecule has 0 aromatic heterocycles. The van der Waals surface area contributed by atoms with Gasteiger partial charge in [0, 0.05) is 38.1 Å². The maximum atomic E-state index is 12.3. The van der Waals surface area contributed by atoms with Gasteiger partial charge in [-0.3, -0.25) is 9.59 Å². The molecule has 2 heterocycles. The number of halogens is 1. The van der Waals surface area contributed by atoms with Crippen LogP contribution in [0.15, 0.2) is 0 Å². The fraction of sp³-hybridized carbons (Fsp3) is 0.857. The Morgan fingerprint density at radius 3 is 2.05 bits per heavy atom. The highest BCUT2D eigenvalue weighted by molar-refractivity contribution is 5.85. The summed E-state index contributed by atoms with van der Waals surface area (Å²) >= 11 is 0. The van der Waals surface area contributed by atoms with Gasteiger partial charge in [0.05, 0.1) is 5.92 Å². The summed E-state index contributed by atoms with van der Waals surface area (Å²) in [6.45, 7) is 10.3. The molecule has 2 saturated heterocycles. The molecule has 6 heteroatoms. The Morgan fingerprint density at radius 2 is 1.60 bits per heavy atom. The van der Waals surface area contributed by atoms with Crippen LogP contribution in [0.4, 0.5) is 0 Å². The number of rotatable bonds is 1. The Balaban J connectivity index is 0.00000200. The molecule has 0 aliphatic carbocycles. The van der Waals surface area contributed by atoms with Crippen molar-refractivity contribution in [3.63, 3.8) is 0 Å². The lowest BCUT2D eigenvalue weighted by molar-refractivity contribution is -0.146. The van der Waals surface area contributed by atoms with Crippen molar-refractivity contribution in [2.75, 3.05) is 39.3 Å². The lowest BCUT2D eigenvalue weighted by Gasteiger charge is -2.38. The number of nitrogens with one attached hydrogen (secondary N) is 1. The zero-order chi connectivity index (χ0) is 14.0. The molecule has 1 unspecified atom stereocenters. The Hall–Kier alpha value is -0.810. The Bertz CT molecular complexity index is 354. The number of carbonyl (C=O) groups excluding carboxylic acids is 2. The van der Waals surface area contributed by atoms with Gasteiger partial charge < -0.3 is 15.1 Å². The second-order valence-electron chi connectivity index (χ2n) is 6.56. The molecule has 0 saturated carbocycles. The van der Waals surface area contributed by atoms with Gasteiger partial charge in [0.25, 0.3) is 0 Å². The molecule has 2 fully saturated rings. The average molecular weight is 304 g/mol. The van der Waals surface area contributed by atoms with E-state index in [1.807, 2.05) is 30.6 Å². The van der Waals surface area contributed by atoms with E-state index < -0.39 is 0 Å². The summed E-state index contributed by atoms with van der Waals surface area (Å²) in [5, 5.41) is 3.23. The molecule has 0 aromatic rings. The lowest BCUT2D eigenvalue weighted by Crippen LogP contribution is -2.54. The lowest BCUT2D eigenvalue weighted by atomic mass is 9.94. The van der Waals surface area contributed by atoms with E-state index in [1.54, 1.807) is 0 Å². The Kier molecular flexibility index (Phi) is 5.83. The summed E-state index contributed by atoms with van der Waals surface area (Å²) in [4.78, 5) is 28.2. The van der Waals surface area contributed by atoms with Gasteiger partial charge in [-0.15, -0.1) is 12.4 Å². The third-order valence-electron chi connectivity index (χ3n) is 3.93. The number of carbonyl (C=O) groups is 2. The van der Waals surface area contributed by atoms with E-state index in [0.29, 0.717) is 26.2 Å². The molecule has 2 rings (SSSR count). The van der Waals surface area contributed by atoms with Crippen LogP contribution in [0.25, 0.3) is 0 Å². The monoisotopic (exact) mass is 303 g/mol. The van der Waals surface area contributed by atoms with Crippen molar-refractivity contribution in [2.24, 2.45) is 11.3 Å². The summed E-state index contributed by atoms with van der Waals surface area (Å²) < 4.78 is 0. The van der Waals surface area contributed by atoms with Gasteiger partial charge in [0.15, 0.2) is 0 Å². The maximum Gasteiger partial charge on any atom is 0.228 e. The largest absolute Gasteiger partial charge is 0.339 e. The minimum Gasteiger partial charge on any atom is -0.339 e. The Morgan fingerprint density at radius 1 is 1.05 bits per heavy atom. The smallest absolute Gasteiger partial charge is 0.228 e. The van der Waals surface area contributed by atoms with E-state index in [9.17, 15) is 9.59 Å². The minimum absolute atomic E-state index is 0. The van der Waals surface area contributed by atoms with Gasteiger partial charge in [-0.05, 0) is 13.0 Å². The van der Waals surface area contributed by atoms with Crippen LogP contribution in [0, 0.1) is 11.3 Å². The summed E-state index contributed by atoms with van der Waals surface area (Å²) in [6.07, 6.45) is 0.944. The number of hydrogen-bond donors (Lipinski definition) is 1. The molecular formula is C14H26ClN3O2. The van der Waals surface area contributed by atoms with Crippen molar-refractivity contribution in [2.45, 2.75) is 27.2 Å². The van der Waals surface area contributed by atoms with Gasteiger partial charge in [0.1, 0.15) is 0 Å². The van der Waals surface area contributed by atoms with Crippen LogP contribution >= 0.6 is 12.4 Å². The molecule has 0 aromatic carbocycles. The topological polar surface area (TPSA) is 52.7 Å². The number of piperazine rings is 1. The quantitative estimate of drug-likeness (QED) is 0.777. The third-order valence-corrected chi connectivity index (χ3v) is 3.93. The van der Waals surface area contributed by atoms with Crippen LogP contribution < -0.4 is 5.32 Å². The maximum absolute atomic E-state index is 12.3. The van der Waals surface area contributed by atoms with Gasteiger partial charge in [-0.1, -0.05) is 20.8 Å². The van der Waals surface area contributed by atoms with E-state index >= 15 is 0 Å². The van der Waals surface area contributed by atoms with Crippen molar-refractivity contribution in [1.29, 1.82) is 0 Å². The predicted molar refractivity (Wildman–Crippen MR) is 80.8 cm³/mol. The zero-order valence-electron chi connectivity index (χ0n) is 12.6. The van der Waals surface area contributed by atoms with Crippen LogP contribution in [0.2, 0.25) is 0 Å². The third kappa shape index (κ3) is 3.85. The second kappa shape index (κ2) is 6.76. The van der Waals surface area contributed by atoms with Crippen molar-refractivity contribution >= 4 is 24.2 Å². The highest BCUT2D eigenvalue weighted by Crippen LogP contribution is 2.19. The molecule has 2 aliphatic heterocycles. The van der Waals surface area contributed by atoms with Gasteiger partial charge in [0.2, 0.25) is 11.8 Å². The van der Waals surface area contributed by atoms with Gasteiger partial charge in [-0.2, -0.15) is 0 Å². The first kappa shape index (κ1) is 17.2. The van der Waals surface area contributed by atoms with E-state index in [4.69, 9.17) is 0 Å². The van der Waals surface area contributed by atoms with Crippen LogP contribution in [0.3, 0.4) is 0 Å². The van der Waals surface area contributed by atoms with Crippen molar-refractivity contribution < 1.29 is 9.59 Å². The van der Waals surface area contributed by atoms with E-state index in [2.05, 4.69) is 5.32 Å². The summed E-state index contributed by atoms with van der Waals surface area (Å²) in [6, 6.07) is 0. The standard InChI is InChI=1S/C14H25N3O2.ClH/c1-14(2,3)13(19)17-8-6-16(7-9-17)12(18)11-4-5-15-10-11;/h11,15H,4-10H2,1-3H3;1H. The van der Waals surface area contributed by atoms with Gasteiger partial charge >= 0.3 is 0 Å². The normalized spacial score (nSPS) is 23.4. The predicted octanol–water partition coefficient (Wildman–Crippen LogP) is 0.735. The Labute approximate surface area is 127 Å². The van der Waals surface area contributed by atoms with Crippen LogP contribution in [-0.4, -0.2) is 60.9 Å². The van der Waals surface area contributed by atoms with Crippen LogP contribution in [-0.2, 0) is 9.59 Å². The molecule has 2 amide bonds. The molecule has 2 aliphatic rings. The molecule has 5 nitrogen and oxygen atoms in total. The van der Waals surface area contributed by atoms with Gasteiger partial charge in [-0.25, -0.2) is 0 Å². The molecule has 20 heavy (non-hydrogen) atoms. The molecule has 0 radical (unpaired) electrons. The molecule has 1 N–H and O–H groups in total. The van der Waals surface area contributed by atoms with Crippen molar-refractivity contribution in [3.05, 3.63) is 0 Å². The van der Waals surface area contributed by atoms with E-state index in [-0.39, 0.29) is 35.6 Å². The fourth-order valence-electron chi connectivity index (χ4n) is 2.73. The zero-order valence-corrected chi connectivity index (χ0v) is 13.5. The number of hydrogen-bond acceptors (Lipinski definition) is 3. The molecule has 1 atom stereocenters. The second-order valence-corrected chi connectivity index (χ2v) is 6.56.